The van der Waals surface area contributed by atoms with Gasteiger partial charge in [-0.1, -0.05) is 34.8 Å². The van der Waals surface area contributed by atoms with Crippen LogP contribution < -0.4 is 16.0 Å². The monoisotopic (exact) mass is 627 g/mol. The normalized spacial score (nSPS) is 17.6. The second-order valence-corrected chi connectivity index (χ2v) is 10.9. The third-order valence-electron chi connectivity index (χ3n) is 5.84. The molecule has 3 aromatic carbocycles. The summed E-state index contributed by atoms with van der Waals surface area (Å²) in [4.78, 5) is 25.6. The van der Waals surface area contributed by atoms with Crippen molar-refractivity contribution in [2.24, 2.45) is 5.92 Å². The van der Waals surface area contributed by atoms with Gasteiger partial charge in [0.25, 0.3) is 5.91 Å². The number of alkyl halides is 2. The summed E-state index contributed by atoms with van der Waals surface area (Å²) in [7, 11) is 1.36. The predicted octanol–water partition coefficient (Wildman–Crippen LogP) is 8.02. The van der Waals surface area contributed by atoms with Crippen molar-refractivity contribution in [2.75, 3.05) is 23.0 Å². The quantitative estimate of drug-likeness (QED) is 0.147. The molecule has 38 heavy (non-hydrogen) atoms. The third-order valence-corrected chi connectivity index (χ3v) is 7.98. The van der Waals surface area contributed by atoms with Crippen LogP contribution in [0, 0.1) is 29.2 Å². The second kappa shape index (κ2) is 10.6. The van der Waals surface area contributed by atoms with E-state index in [1.807, 2.05) is 5.32 Å². The Bertz CT molecular complexity index is 1460. The molecule has 0 aromatic heterocycles. The van der Waals surface area contributed by atoms with Crippen molar-refractivity contribution in [2.45, 2.75) is 10.3 Å². The molecule has 4 rings (SSSR count). The Kier molecular flexibility index (Phi) is 7.99. The zero-order valence-corrected chi connectivity index (χ0v) is 22.6. The summed E-state index contributed by atoms with van der Waals surface area (Å²) in [5, 5.41) is 6.97. The Morgan fingerprint density at radius 2 is 1.50 bits per heavy atom. The van der Waals surface area contributed by atoms with Gasteiger partial charge in [-0.3, -0.25) is 9.59 Å². The fourth-order valence-electron chi connectivity index (χ4n) is 3.91. The first-order valence-corrected chi connectivity index (χ1v) is 12.5. The van der Waals surface area contributed by atoms with Gasteiger partial charge in [0.2, 0.25) is 5.91 Å². The van der Waals surface area contributed by atoms with Crippen LogP contribution in [0.3, 0.4) is 0 Å². The van der Waals surface area contributed by atoms with Gasteiger partial charge < -0.3 is 16.0 Å². The molecule has 0 saturated heterocycles. The molecule has 3 N–H and O–H groups in total. The lowest BCUT2D eigenvalue weighted by Gasteiger charge is -2.13. The van der Waals surface area contributed by atoms with Crippen molar-refractivity contribution in [3.8, 4) is 0 Å². The van der Waals surface area contributed by atoms with Crippen molar-refractivity contribution in [1.29, 1.82) is 0 Å². The highest BCUT2D eigenvalue weighted by atomic mass is 35.5. The van der Waals surface area contributed by atoms with E-state index in [0.29, 0.717) is 11.6 Å². The molecule has 1 fully saturated rings. The molecule has 14 heteroatoms. The van der Waals surface area contributed by atoms with Crippen molar-refractivity contribution < 1.29 is 27.2 Å². The third kappa shape index (κ3) is 5.22. The van der Waals surface area contributed by atoms with Crippen LogP contribution in [-0.4, -0.2) is 23.2 Å². The van der Waals surface area contributed by atoms with Crippen LogP contribution in [0.5, 0.6) is 0 Å². The average molecular weight is 630 g/mol. The lowest BCUT2D eigenvalue weighted by Crippen LogP contribution is -2.20. The van der Waals surface area contributed by atoms with Crippen LogP contribution in [0.1, 0.15) is 21.8 Å². The number of rotatable bonds is 6. The summed E-state index contributed by atoms with van der Waals surface area (Å²) >= 11 is 30.7. The Labute approximate surface area is 238 Å². The van der Waals surface area contributed by atoms with E-state index in [0.717, 1.165) is 18.2 Å². The van der Waals surface area contributed by atoms with Crippen molar-refractivity contribution in [3.63, 3.8) is 0 Å². The highest BCUT2D eigenvalue weighted by molar-refractivity contribution is 6.54. The van der Waals surface area contributed by atoms with Crippen LogP contribution in [0.25, 0.3) is 0 Å². The van der Waals surface area contributed by atoms with Gasteiger partial charge in [0, 0.05) is 24.7 Å². The number of hydrogen-bond acceptors (Lipinski definition) is 3. The molecule has 3 aromatic rings. The summed E-state index contributed by atoms with van der Waals surface area (Å²) in [5.74, 6) is -9.44. The summed E-state index contributed by atoms with van der Waals surface area (Å²) in [5.41, 5.74) is -1.90. The number of benzene rings is 3. The summed E-state index contributed by atoms with van der Waals surface area (Å²) in [6.45, 7) is 0. The van der Waals surface area contributed by atoms with E-state index in [2.05, 4.69) is 10.6 Å². The topological polar surface area (TPSA) is 70.2 Å². The number of carbonyl (C=O) groups excluding carboxylic acids is 2. The van der Waals surface area contributed by atoms with E-state index >= 15 is 0 Å². The Balaban J connectivity index is 1.58. The average Bonchev–Trinajstić information content (AvgIpc) is 3.43. The molecule has 0 unspecified atom stereocenters. The first-order chi connectivity index (χ1) is 17.8. The van der Waals surface area contributed by atoms with Crippen molar-refractivity contribution >= 4 is 86.9 Å². The van der Waals surface area contributed by atoms with E-state index in [4.69, 9.17) is 58.0 Å². The minimum absolute atomic E-state index is 0.0959. The van der Waals surface area contributed by atoms with Crippen LogP contribution in [-0.2, 0) is 4.79 Å². The second-order valence-electron chi connectivity index (χ2n) is 8.23. The highest BCUT2D eigenvalue weighted by Crippen LogP contribution is 2.65. The molecule has 2 amide bonds. The fraction of sp³-hybridized carbons (Fsp3) is 0.167. The van der Waals surface area contributed by atoms with Gasteiger partial charge in [0.15, 0.2) is 17.5 Å². The molecular formula is C24H14Cl5F4N3O2. The largest absolute Gasteiger partial charge is 0.386 e. The molecule has 0 bridgehead atoms. The molecule has 1 aliphatic carbocycles. The number of anilines is 3. The zero-order valence-electron chi connectivity index (χ0n) is 18.8. The molecule has 0 radical (unpaired) electrons. The molecule has 0 heterocycles. The molecule has 2 atom stereocenters. The zero-order chi connectivity index (χ0) is 28.1. The van der Waals surface area contributed by atoms with Gasteiger partial charge in [-0.05, 0) is 35.9 Å². The fourth-order valence-corrected chi connectivity index (χ4v) is 5.35. The van der Waals surface area contributed by atoms with Gasteiger partial charge in [0.1, 0.15) is 15.8 Å². The van der Waals surface area contributed by atoms with Gasteiger partial charge >= 0.3 is 0 Å². The maximum absolute atomic E-state index is 14.5. The first kappa shape index (κ1) is 28.6. The minimum Gasteiger partial charge on any atom is -0.386 e. The molecule has 5 nitrogen and oxygen atoms in total. The number of halogens is 9. The van der Waals surface area contributed by atoms with E-state index in [1.54, 1.807) is 0 Å². The summed E-state index contributed by atoms with van der Waals surface area (Å²) in [6.07, 6.45) is 0. The Morgan fingerprint density at radius 1 is 0.868 bits per heavy atom. The van der Waals surface area contributed by atoms with Gasteiger partial charge in [-0.15, -0.1) is 23.2 Å². The Morgan fingerprint density at radius 3 is 2.11 bits per heavy atom. The lowest BCUT2D eigenvalue weighted by atomic mass is 10.1. The number of nitrogens with one attached hydrogen (secondary N) is 3. The van der Waals surface area contributed by atoms with E-state index in [9.17, 15) is 27.2 Å². The molecule has 1 saturated carbocycles. The molecular weight excluding hydrogens is 616 g/mol. The lowest BCUT2D eigenvalue weighted by molar-refractivity contribution is -0.117. The van der Waals surface area contributed by atoms with Gasteiger partial charge in [-0.25, -0.2) is 17.6 Å². The molecule has 200 valence electrons. The number of carbonyl (C=O) groups is 2. The minimum atomic E-state index is -1.61. The van der Waals surface area contributed by atoms with E-state index < -0.39 is 62.5 Å². The van der Waals surface area contributed by atoms with Crippen LogP contribution in [0.4, 0.5) is 34.6 Å². The maximum Gasteiger partial charge on any atom is 0.258 e. The maximum atomic E-state index is 14.5. The van der Waals surface area contributed by atoms with Crippen molar-refractivity contribution in [3.05, 3.63) is 85.9 Å². The summed E-state index contributed by atoms with van der Waals surface area (Å²) in [6, 6.07) is 6.24. The smallest absolute Gasteiger partial charge is 0.258 e. The van der Waals surface area contributed by atoms with Crippen molar-refractivity contribution in [1.82, 2.24) is 0 Å². The predicted molar refractivity (Wildman–Crippen MR) is 141 cm³/mol. The highest BCUT2D eigenvalue weighted by Gasteiger charge is 2.67. The van der Waals surface area contributed by atoms with Gasteiger partial charge in [0.05, 0.1) is 32.2 Å². The number of hydrogen-bond donors (Lipinski definition) is 3. The first-order valence-electron chi connectivity index (χ1n) is 10.6. The van der Waals surface area contributed by atoms with Crippen LogP contribution in [0.2, 0.25) is 15.1 Å². The number of amides is 2. The van der Waals surface area contributed by atoms with Gasteiger partial charge in [-0.2, -0.15) is 0 Å². The standard InChI is InChI=1S/C24H14Cl5F4N3O2/c1-34-15-3-2-13(30)21(20(15)33)36-22(37)10-6-9(7-14(31)19(10)32)35-23(38)17-16(24(17,28)29)8-4-11(25)18(27)12(26)5-8/h2-7,16-17,34H,1H3,(H,35,38)(H,36,37)/t16-,17+/m0/s1. The molecule has 0 spiro atoms. The molecule has 0 aliphatic heterocycles. The van der Waals surface area contributed by atoms with E-state index in [1.165, 1.54) is 19.2 Å². The Hall–Kier alpha value is -2.43. The van der Waals surface area contributed by atoms with E-state index in [-0.39, 0.29) is 26.4 Å². The summed E-state index contributed by atoms with van der Waals surface area (Å²) < 4.78 is 55.8. The van der Waals surface area contributed by atoms with Crippen LogP contribution in [0.15, 0.2) is 36.4 Å². The van der Waals surface area contributed by atoms with Crippen LogP contribution >= 0.6 is 58.0 Å². The molecule has 1 aliphatic rings. The SMILES string of the molecule is CNc1ccc(F)c(NC(=O)c2cc(NC(=O)[C@H]3[C@H](c4cc(Cl)c(Cl)c(Cl)c4)C3(Cl)Cl)cc(F)c2F)c1F.